The minimum Gasteiger partial charge on any atom is -0.377 e. The van der Waals surface area contributed by atoms with Gasteiger partial charge in [-0.3, -0.25) is 4.68 Å². The number of rotatable bonds is 6. The van der Waals surface area contributed by atoms with Gasteiger partial charge in [-0.25, -0.2) is 0 Å². The maximum Gasteiger partial charge on any atom is 0.0700 e. The van der Waals surface area contributed by atoms with E-state index in [2.05, 4.69) is 28.1 Å². The zero-order valence-electron chi connectivity index (χ0n) is 10.9. The molecule has 1 atom stereocenters. The molecule has 1 N–H and O–H groups in total. The third kappa shape index (κ3) is 3.82. The summed E-state index contributed by atoms with van der Waals surface area (Å²) in [6.45, 7) is 8.13. The molecule has 4 nitrogen and oxygen atoms in total. The maximum atomic E-state index is 5.56. The lowest BCUT2D eigenvalue weighted by Gasteiger charge is -2.10. The number of nitrogens with zero attached hydrogens (tertiary/aromatic N) is 2. The van der Waals surface area contributed by atoms with E-state index < -0.39 is 0 Å². The molecular weight excluding hydrogens is 214 g/mol. The summed E-state index contributed by atoms with van der Waals surface area (Å²) in [5.41, 5.74) is 2.36. The second-order valence-corrected chi connectivity index (χ2v) is 4.84. The number of aromatic nitrogens is 2. The van der Waals surface area contributed by atoms with E-state index in [1.54, 1.807) is 0 Å². The zero-order valence-corrected chi connectivity index (χ0v) is 10.9. The van der Waals surface area contributed by atoms with Crippen LogP contribution in [0, 0.1) is 13.8 Å². The van der Waals surface area contributed by atoms with Crippen molar-refractivity contribution >= 4 is 0 Å². The molecule has 0 spiro atoms. The Hall–Kier alpha value is -0.870. The van der Waals surface area contributed by atoms with Gasteiger partial charge in [0, 0.05) is 25.4 Å². The first-order chi connectivity index (χ1) is 8.25. The molecule has 1 aliphatic heterocycles. The highest BCUT2D eigenvalue weighted by molar-refractivity contribution is 5.06. The number of ether oxygens (including phenoxy) is 1. The zero-order chi connectivity index (χ0) is 12.1. The van der Waals surface area contributed by atoms with Crippen molar-refractivity contribution in [3.63, 3.8) is 0 Å². The van der Waals surface area contributed by atoms with E-state index >= 15 is 0 Å². The minimum absolute atomic E-state index is 0.448. The van der Waals surface area contributed by atoms with Gasteiger partial charge in [0.25, 0.3) is 0 Å². The molecule has 0 aromatic carbocycles. The van der Waals surface area contributed by atoms with Crippen molar-refractivity contribution in [3.05, 3.63) is 17.5 Å². The summed E-state index contributed by atoms with van der Waals surface area (Å²) in [7, 11) is 0. The second kappa shape index (κ2) is 6.17. The van der Waals surface area contributed by atoms with Crippen LogP contribution >= 0.6 is 0 Å². The van der Waals surface area contributed by atoms with Crippen molar-refractivity contribution in [3.8, 4) is 0 Å². The number of hydrogen-bond donors (Lipinski definition) is 1. The van der Waals surface area contributed by atoms with Gasteiger partial charge in [-0.05, 0) is 45.7 Å². The Morgan fingerprint density at radius 2 is 2.41 bits per heavy atom. The molecule has 0 aliphatic carbocycles. The lowest BCUT2D eigenvalue weighted by atomic mass is 10.2. The van der Waals surface area contributed by atoms with Crippen LogP contribution in [0.2, 0.25) is 0 Å². The number of hydrogen-bond acceptors (Lipinski definition) is 3. The van der Waals surface area contributed by atoms with Crippen LogP contribution in [0.1, 0.15) is 30.7 Å². The van der Waals surface area contributed by atoms with Crippen LogP contribution in [0.3, 0.4) is 0 Å². The van der Waals surface area contributed by atoms with Gasteiger partial charge in [0.1, 0.15) is 0 Å². The van der Waals surface area contributed by atoms with Crippen LogP contribution in [0.15, 0.2) is 6.07 Å². The summed E-state index contributed by atoms with van der Waals surface area (Å²) in [5.74, 6) is 0. The Morgan fingerprint density at radius 3 is 3.06 bits per heavy atom. The average Bonchev–Trinajstić information content (AvgIpc) is 2.89. The molecule has 1 unspecified atom stereocenters. The highest BCUT2D eigenvalue weighted by Crippen LogP contribution is 2.10. The van der Waals surface area contributed by atoms with E-state index in [0.29, 0.717) is 6.10 Å². The molecule has 2 heterocycles. The number of aryl methyl sites for hydroxylation is 3. The molecule has 1 saturated heterocycles. The SMILES string of the molecule is Cc1cc(C)n(CCCNCC2CCCO2)n1. The largest absolute Gasteiger partial charge is 0.377 e. The Bertz CT molecular complexity index is 342. The smallest absolute Gasteiger partial charge is 0.0700 e. The third-order valence-electron chi connectivity index (χ3n) is 3.22. The normalized spacial score (nSPS) is 20.0. The molecule has 96 valence electrons. The Balaban J connectivity index is 1.58. The molecule has 0 saturated carbocycles. The lowest BCUT2D eigenvalue weighted by Crippen LogP contribution is -2.27. The molecule has 2 rings (SSSR count). The molecule has 17 heavy (non-hydrogen) atoms. The van der Waals surface area contributed by atoms with Crippen molar-refractivity contribution in [2.75, 3.05) is 19.7 Å². The molecule has 4 heteroatoms. The van der Waals surface area contributed by atoms with Crippen LogP contribution < -0.4 is 5.32 Å². The Labute approximate surface area is 103 Å². The number of nitrogens with one attached hydrogen (secondary N) is 1. The fourth-order valence-electron chi connectivity index (χ4n) is 2.32. The van der Waals surface area contributed by atoms with E-state index in [-0.39, 0.29) is 0 Å². The van der Waals surface area contributed by atoms with Crippen molar-refractivity contribution in [2.45, 2.75) is 45.8 Å². The first-order valence-electron chi connectivity index (χ1n) is 6.59. The van der Waals surface area contributed by atoms with Gasteiger partial charge in [-0.15, -0.1) is 0 Å². The predicted octanol–water partition coefficient (Wildman–Crippen LogP) is 1.66. The summed E-state index contributed by atoms with van der Waals surface area (Å²) in [4.78, 5) is 0. The van der Waals surface area contributed by atoms with Crippen LogP contribution in [-0.2, 0) is 11.3 Å². The fraction of sp³-hybridized carbons (Fsp3) is 0.769. The van der Waals surface area contributed by atoms with E-state index in [9.17, 15) is 0 Å². The highest BCUT2D eigenvalue weighted by atomic mass is 16.5. The molecule has 0 amide bonds. The van der Waals surface area contributed by atoms with Gasteiger partial charge >= 0.3 is 0 Å². The predicted molar refractivity (Wildman–Crippen MR) is 68.2 cm³/mol. The van der Waals surface area contributed by atoms with Gasteiger partial charge in [0.05, 0.1) is 11.8 Å². The van der Waals surface area contributed by atoms with E-state index in [0.717, 1.165) is 38.4 Å². The summed E-state index contributed by atoms with van der Waals surface area (Å²) in [5, 5.41) is 7.91. The van der Waals surface area contributed by atoms with E-state index in [4.69, 9.17) is 4.74 Å². The molecule has 1 aromatic rings. The molecule has 0 bridgehead atoms. The second-order valence-electron chi connectivity index (χ2n) is 4.84. The molecule has 1 fully saturated rings. The van der Waals surface area contributed by atoms with Gasteiger partial charge in [0.15, 0.2) is 0 Å². The molecule has 1 aromatic heterocycles. The van der Waals surface area contributed by atoms with Crippen LogP contribution in [-0.4, -0.2) is 35.6 Å². The summed E-state index contributed by atoms with van der Waals surface area (Å²) >= 11 is 0. The summed E-state index contributed by atoms with van der Waals surface area (Å²) in [6.07, 6.45) is 4.00. The van der Waals surface area contributed by atoms with Crippen molar-refractivity contribution in [1.29, 1.82) is 0 Å². The van der Waals surface area contributed by atoms with Gasteiger partial charge in [-0.2, -0.15) is 5.10 Å². The lowest BCUT2D eigenvalue weighted by molar-refractivity contribution is 0.110. The third-order valence-corrected chi connectivity index (χ3v) is 3.22. The van der Waals surface area contributed by atoms with Crippen molar-refractivity contribution < 1.29 is 4.74 Å². The van der Waals surface area contributed by atoms with Crippen LogP contribution in [0.5, 0.6) is 0 Å². The topological polar surface area (TPSA) is 39.1 Å². The van der Waals surface area contributed by atoms with E-state index in [1.165, 1.54) is 18.5 Å². The fourth-order valence-corrected chi connectivity index (χ4v) is 2.32. The maximum absolute atomic E-state index is 5.56. The Morgan fingerprint density at radius 1 is 1.53 bits per heavy atom. The van der Waals surface area contributed by atoms with Crippen molar-refractivity contribution in [1.82, 2.24) is 15.1 Å². The molecule has 1 aliphatic rings. The highest BCUT2D eigenvalue weighted by Gasteiger charge is 2.14. The van der Waals surface area contributed by atoms with Crippen LogP contribution in [0.25, 0.3) is 0 Å². The Kier molecular flexibility index (Phi) is 4.57. The summed E-state index contributed by atoms with van der Waals surface area (Å²) in [6, 6.07) is 2.12. The minimum atomic E-state index is 0.448. The monoisotopic (exact) mass is 237 g/mol. The standard InChI is InChI=1S/C13H23N3O/c1-11-9-12(2)16(15-11)7-4-6-14-10-13-5-3-8-17-13/h9,13-14H,3-8,10H2,1-2H3. The summed E-state index contributed by atoms with van der Waals surface area (Å²) < 4.78 is 7.65. The molecular formula is C13H23N3O. The quantitative estimate of drug-likeness (QED) is 0.765. The first-order valence-corrected chi connectivity index (χ1v) is 6.59. The molecule has 0 radical (unpaired) electrons. The van der Waals surface area contributed by atoms with Crippen molar-refractivity contribution in [2.24, 2.45) is 0 Å². The van der Waals surface area contributed by atoms with Crippen LogP contribution in [0.4, 0.5) is 0 Å². The van der Waals surface area contributed by atoms with Gasteiger partial charge in [0.2, 0.25) is 0 Å². The average molecular weight is 237 g/mol. The van der Waals surface area contributed by atoms with Gasteiger partial charge < -0.3 is 10.1 Å². The first kappa shape index (κ1) is 12.6. The van der Waals surface area contributed by atoms with E-state index in [1.807, 2.05) is 6.92 Å². The van der Waals surface area contributed by atoms with Gasteiger partial charge in [-0.1, -0.05) is 0 Å².